The molecule has 80 heavy (non-hydrogen) atoms. The summed E-state index contributed by atoms with van der Waals surface area (Å²) in [4.78, 5) is 13.1. The number of allylic oxidation sites excluding steroid dienone is 7. The van der Waals surface area contributed by atoms with Gasteiger partial charge in [-0.1, -0.05) is 319 Å². The van der Waals surface area contributed by atoms with Gasteiger partial charge in [0.1, 0.15) is 24.4 Å². The lowest BCUT2D eigenvalue weighted by molar-refractivity contribution is -0.302. The largest absolute Gasteiger partial charge is 0.394 e. The summed E-state index contributed by atoms with van der Waals surface area (Å²) < 4.78 is 11.3. The Labute approximate surface area is 494 Å². The maximum absolute atomic E-state index is 13.1. The Kier molecular flexibility index (Phi) is 57.4. The number of ether oxygens (including phenoxy) is 2. The van der Waals surface area contributed by atoms with Crippen LogP contribution in [0, 0.1) is 0 Å². The summed E-state index contributed by atoms with van der Waals surface area (Å²) in [6.45, 7) is 3.81. The molecule has 0 radical (unpaired) electrons. The normalized spacial score (nSPS) is 18.7. The summed E-state index contributed by atoms with van der Waals surface area (Å²) in [5.74, 6) is -0.182. The SMILES string of the molecule is CCCCCCCCCCC/C=C\C/C=C\CCCCCCCCCCCCCCCCCCCC(=O)NC(COC1OC(CO)C(O)C(O)C1O)C(O)/C=C/CC/C=C/CCCCCCCCCCCCCCCCCCCC. The number of nitrogens with one attached hydrogen (secondary N) is 1. The molecular formula is C71H133NO8. The van der Waals surface area contributed by atoms with Crippen LogP contribution in [0.3, 0.4) is 0 Å². The van der Waals surface area contributed by atoms with Gasteiger partial charge in [0.05, 0.1) is 25.4 Å². The molecule has 1 aliphatic heterocycles. The number of amides is 1. The van der Waals surface area contributed by atoms with Crippen molar-refractivity contribution in [2.24, 2.45) is 0 Å². The summed E-state index contributed by atoms with van der Waals surface area (Å²) in [6, 6.07) is -0.823. The third-order valence-corrected chi connectivity index (χ3v) is 16.6. The zero-order chi connectivity index (χ0) is 57.9. The third-order valence-electron chi connectivity index (χ3n) is 16.6. The molecule has 1 heterocycles. The van der Waals surface area contributed by atoms with E-state index in [9.17, 15) is 30.3 Å². The maximum Gasteiger partial charge on any atom is 0.220 e. The molecule has 1 amide bonds. The molecule has 1 saturated heterocycles. The van der Waals surface area contributed by atoms with Gasteiger partial charge in [0.25, 0.3) is 0 Å². The number of hydrogen-bond donors (Lipinski definition) is 6. The summed E-state index contributed by atoms with van der Waals surface area (Å²) in [6.07, 6.45) is 75.1. The summed E-state index contributed by atoms with van der Waals surface area (Å²) >= 11 is 0. The average Bonchev–Trinajstić information content (AvgIpc) is 3.46. The van der Waals surface area contributed by atoms with Crippen molar-refractivity contribution in [1.29, 1.82) is 0 Å². The molecule has 7 atom stereocenters. The fraction of sp³-hybridized carbons (Fsp3) is 0.873. The average molecular weight is 1130 g/mol. The van der Waals surface area contributed by atoms with Crippen LogP contribution in [0.15, 0.2) is 48.6 Å². The molecule has 470 valence electrons. The minimum absolute atomic E-state index is 0.182. The van der Waals surface area contributed by atoms with Crippen molar-refractivity contribution in [3.63, 3.8) is 0 Å². The number of aliphatic hydroxyl groups is 5. The van der Waals surface area contributed by atoms with Gasteiger partial charge in [-0.3, -0.25) is 4.79 Å². The maximum atomic E-state index is 13.1. The topological polar surface area (TPSA) is 149 Å². The van der Waals surface area contributed by atoms with E-state index >= 15 is 0 Å². The number of carbonyl (C=O) groups is 1. The third kappa shape index (κ3) is 48.5. The Hall–Kier alpha value is -1.85. The van der Waals surface area contributed by atoms with Crippen molar-refractivity contribution >= 4 is 5.91 Å². The van der Waals surface area contributed by atoms with E-state index in [0.29, 0.717) is 6.42 Å². The standard InChI is InChI=1S/C71H133NO8/c1-3-5-7-9-11-13-15-17-19-21-23-25-27-29-30-31-32-33-34-35-36-37-39-41-43-45-47-49-51-53-55-57-59-61-67(75)72-64(63-79-71-70(78)69(77)68(76)66(62-73)80-71)65(74)60-58-56-54-52-50-48-46-44-42-40-38-28-26-24-22-20-18-16-14-12-10-8-6-4-2/h23,25,29-30,50,52,58,60,64-66,68-71,73-74,76-78H,3-22,24,26-28,31-49,51,53-57,59,61-63H2,1-2H3,(H,72,75)/b25-23-,30-29-,52-50+,60-58+. The van der Waals surface area contributed by atoms with Gasteiger partial charge in [-0.15, -0.1) is 0 Å². The minimum Gasteiger partial charge on any atom is -0.394 e. The van der Waals surface area contributed by atoms with Crippen LogP contribution >= 0.6 is 0 Å². The molecule has 9 heteroatoms. The first-order valence-corrected chi connectivity index (χ1v) is 34.9. The van der Waals surface area contributed by atoms with E-state index < -0.39 is 49.5 Å². The monoisotopic (exact) mass is 1130 g/mol. The van der Waals surface area contributed by atoms with Crippen LogP contribution in [0.1, 0.15) is 341 Å². The van der Waals surface area contributed by atoms with E-state index in [1.165, 1.54) is 276 Å². The van der Waals surface area contributed by atoms with Crippen molar-refractivity contribution in [3.8, 4) is 0 Å². The molecule has 0 aromatic carbocycles. The lowest BCUT2D eigenvalue weighted by Gasteiger charge is -2.40. The molecule has 9 nitrogen and oxygen atoms in total. The van der Waals surface area contributed by atoms with E-state index in [1.807, 2.05) is 6.08 Å². The van der Waals surface area contributed by atoms with Crippen LogP contribution < -0.4 is 5.32 Å². The second kappa shape index (κ2) is 60.3. The first-order valence-electron chi connectivity index (χ1n) is 34.9. The highest BCUT2D eigenvalue weighted by molar-refractivity contribution is 5.76. The highest BCUT2D eigenvalue weighted by Crippen LogP contribution is 2.23. The van der Waals surface area contributed by atoms with E-state index in [4.69, 9.17) is 9.47 Å². The quantitative estimate of drug-likeness (QED) is 0.0261. The second-order valence-corrected chi connectivity index (χ2v) is 24.3. The Bertz CT molecular complexity index is 1400. The Morgan fingerprint density at radius 1 is 0.425 bits per heavy atom. The van der Waals surface area contributed by atoms with Crippen LogP contribution in [0.2, 0.25) is 0 Å². The summed E-state index contributed by atoms with van der Waals surface area (Å²) in [5, 5.41) is 54.7. The molecule has 1 aliphatic rings. The van der Waals surface area contributed by atoms with Gasteiger partial charge in [0.15, 0.2) is 6.29 Å². The molecule has 6 N–H and O–H groups in total. The Morgan fingerprint density at radius 2 is 0.750 bits per heavy atom. The smallest absolute Gasteiger partial charge is 0.220 e. The van der Waals surface area contributed by atoms with Crippen molar-refractivity contribution in [2.75, 3.05) is 13.2 Å². The first-order chi connectivity index (χ1) is 39.3. The molecule has 0 aromatic heterocycles. The minimum atomic E-state index is -1.57. The zero-order valence-electron chi connectivity index (χ0n) is 52.6. The van der Waals surface area contributed by atoms with Gasteiger partial charge in [-0.2, -0.15) is 0 Å². The van der Waals surface area contributed by atoms with E-state index in [1.54, 1.807) is 6.08 Å². The van der Waals surface area contributed by atoms with Gasteiger partial charge in [-0.05, 0) is 64.2 Å². The van der Waals surface area contributed by atoms with Gasteiger partial charge >= 0.3 is 0 Å². The van der Waals surface area contributed by atoms with Crippen LogP contribution in [0.5, 0.6) is 0 Å². The molecule has 1 fully saturated rings. The van der Waals surface area contributed by atoms with E-state index in [-0.39, 0.29) is 12.5 Å². The van der Waals surface area contributed by atoms with Crippen LogP contribution in [0.4, 0.5) is 0 Å². The van der Waals surface area contributed by atoms with Crippen LogP contribution in [-0.4, -0.2) is 87.5 Å². The first kappa shape index (κ1) is 76.2. The zero-order valence-corrected chi connectivity index (χ0v) is 52.6. The molecule has 0 spiro atoms. The molecular weight excluding hydrogens is 995 g/mol. The summed E-state index contributed by atoms with van der Waals surface area (Å²) in [7, 11) is 0. The molecule has 0 saturated carbocycles. The number of unbranched alkanes of at least 4 members (excludes halogenated alkanes) is 45. The fourth-order valence-corrected chi connectivity index (χ4v) is 11.1. The molecule has 0 aromatic rings. The highest BCUT2D eigenvalue weighted by atomic mass is 16.7. The van der Waals surface area contributed by atoms with E-state index in [0.717, 1.165) is 44.9 Å². The molecule has 0 aliphatic carbocycles. The number of rotatable bonds is 61. The van der Waals surface area contributed by atoms with Crippen LogP contribution in [-0.2, 0) is 14.3 Å². The van der Waals surface area contributed by atoms with Crippen LogP contribution in [0.25, 0.3) is 0 Å². The highest BCUT2D eigenvalue weighted by Gasteiger charge is 2.44. The molecule has 7 unspecified atom stereocenters. The number of aliphatic hydroxyl groups excluding tert-OH is 5. The molecule has 1 rings (SSSR count). The lowest BCUT2D eigenvalue weighted by atomic mass is 9.99. The fourth-order valence-electron chi connectivity index (χ4n) is 11.1. The summed E-state index contributed by atoms with van der Waals surface area (Å²) in [5.41, 5.74) is 0. The number of hydrogen-bond acceptors (Lipinski definition) is 8. The van der Waals surface area contributed by atoms with Gasteiger partial charge < -0.3 is 40.3 Å². The number of carbonyl (C=O) groups excluding carboxylic acids is 1. The Balaban J connectivity index is 2.14. The Morgan fingerprint density at radius 3 is 1.12 bits per heavy atom. The van der Waals surface area contributed by atoms with Gasteiger partial charge in [0, 0.05) is 6.42 Å². The lowest BCUT2D eigenvalue weighted by Crippen LogP contribution is -2.60. The predicted molar refractivity (Wildman–Crippen MR) is 341 cm³/mol. The van der Waals surface area contributed by atoms with Crippen molar-refractivity contribution < 1.29 is 39.8 Å². The second-order valence-electron chi connectivity index (χ2n) is 24.3. The molecule has 0 bridgehead atoms. The van der Waals surface area contributed by atoms with Crippen molar-refractivity contribution in [1.82, 2.24) is 5.32 Å². The van der Waals surface area contributed by atoms with Crippen molar-refractivity contribution in [2.45, 2.75) is 384 Å². The van der Waals surface area contributed by atoms with Gasteiger partial charge in [-0.25, -0.2) is 0 Å². The van der Waals surface area contributed by atoms with Gasteiger partial charge in [0.2, 0.25) is 5.91 Å². The van der Waals surface area contributed by atoms with Crippen molar-refractivity contribution in [3.05, 3.63) is 48.6 Å². The van der Waals surface area contributed by atoms with E-state index in [2.05, 4.69) is 55.6 Å². The predicted octanol–water partition coefficient (Wildman–Crippen LogP) is 18.8.